The first-order valence-corrected chi connectivity index (χ1v) is 6.14. The maximum Gasteiger partial charge on any atom is 0.457 e. The van der Waals surface area contributed by atoms with Gasteiger partial charge in [0.2, 0.25) is 0 Å². The van der Waals surface area contributed by atoms with Crippen molar-refractivity contribution in [3.8, 4) is 0 Å². The minimum Gasteiger partial charge on any atom is -0.191 e. The number of allylic oxidation sites excluding steroid dienone is 1. The summed E-state index contributed by atoms with van der Waals surface area (Å²) in [5.41, 5.74) is -0.844. The second-order valence-corrected chi connectivity index (χ2v) is 4.38. The highest BCUT2D eigenvalue weighted by Gasteiger charge is 2.59. The Morgan fingerprint density at radius 2 is 1.69 bits per heavy atom. The average molecular weight is 262 g/mol. The van der Waals surface area contributed by atoms with Crippen molar-refractivity contribution in [3.05, 3.63) is 11.6 Å². The van der Waals surface area contributed by atoms with Gasteiger partial charge < -0.3 is 0 Å². The van der Waals surface area contributed by atoms with E-state index in [0.29, 0.717) is 0 Å². The van der Waals surface area contributed by atoms with Gasteiger partial charge in [-0.3, -0.25) is 0 Å². The Morgan fingerprint density at radius 1 is 1.12 bits per heavy atom. The third-order valence-corrected chi connectivity index (χ3v) is 3.04. The van der Waals surface area contributed by atoms with E-state index in [1.54, 1.807) is 0 Å². The van der Waals surface area contributed by atoms with Crippen LogP contribution < -0.4 is 0 Å². The molecule has 6 heteroatoms. The summed E-state index contributed by atoms with van der Waals surface area (Å²) < 4.78 is 61.9. The quantitative estimate of drug-likeness (QED) is 0.381. The molecule has 0 heterocycles. The molecular formula is C10H15F5S. The smallest absolute Gasteiger partial charge is 0.191 e. The van der Waals surface area contributed by atoms with E-state index >= 15 is 0 Å². The molecule has 0 fully saturated rings. The number of thioether (sulfide) groups is 1. The summed E-state index contributed by atoms with van der Waals surface area (Å²) in [4.78, 5) is 0. The highest BCUT2D eigenvalue weighted by Crippen LogP contribution is 2.42. The van der Waals surface area contributed by atoms with Crippen molar-refractivity contribution in [3.63, 3.8) is 0 Å². The molecule has 16 heavy (non-hydrogen) atoms. The zero-order valence-electron chi connectivity index (χ0n) is 9.20. The molecule has 0 saturated heterocycles. The minimum atomic E-state index is -5.50. The molecule has 96 valence electrons. The lowest BCUT2D eigenvalue weighted by atomic mass is 10.1. The molecule has 0 atom stereocenters. The Bertz CT molecular complexity index is 232. The normalized spacial score (nSPS) is 14.3. The number of alkyl halides is 5. The second kappa shape index (κ2) is 6.47. The van der Waals surface area contributed by atoms with Gasteiger partial charge in [-0.15, -0.1) is 0 Å². The predicted molar refractivity (Wildman–Crippen MR) is 57.0 cm³/mol. The van der Waals surface area contributed by atoms with Gasteiger partial charge in [-0.2, -0.15) is 33.7 Å². The highest BCUT2D eigenvalue weighted by molar-refractivity contribution is 7.99. The van der Waals surface area contributed by atoms with Crippen LogP contribution >= 0.6 is 11.8 Å². The number of halogens is 5. The Labute approximate surface area is 96.3 Å². The minimum absolute atomic E-state index is 0.197. The van der Waals surface area contributed by atoms with Gasteiger partial charge in [-0.1, -0.05) is 19.9 Å². The number of rotatable bonds is 6. The van der Waals surface area contributed by atoms with Crippen LogP contribution in [-0.2, 0) is 0 Å². The molecule has 0 spiro atoms. The van der Waals surface area contributed by atoms with Crippen LogP contribution in [0.1, 0.15) is 26.7 Å². The SMILES string of the molecule is CCCSC/C=C(\CC)C(F)(F)C(F)(F)F. The topological polar surface area (TPSA) is 0 Å². The molecule has 0 unspecified atom stereocenters. The fourth-order valence-electron chi connectivity index (χ4n) is 1.06. The number of hydrogen-bond donors (Lipinski definition) is 0. The van der Waals surface area contributed by atoms with Crippen LogP contribution in [0.5, 0.6) is 0 Å². The van der Waals surface area contributed by atoms with Crippen LogP contribution in [0.3, 0.4) is 0 Å². The summed E-state index contributed by atoms with van der Waals surface area (Å²) in [5, 5.41) is 0. The molecule has 0 rings (SSSR count). The Kier molecular flexibility index (Phi) is 6.36. The van der Waals surface area contributed by atoms with Gasteiger partial charge in [0.25, 0.3) is 0 Å². The largest absolute Gasteiger partial charge is 0.457 e. The third kappa shape index (κ3) is 4.31. The van der Waals surface area contributed by atoms with E-state index in [2.05, 4.69) is 0 Å². The van der Waals surface area contributed by atoms with Gasteiger partial charge in [0, 0.05) is 11.3 Å². The van der Waals surface area contributed by atoms with Gasteiger partial charge >= 0.3 is 12.1 Å². The molecular weight excluding hydrogens is 247 g/mol. The first kappa shape index (κ1) is 15.7. The summed E-state index contributed by atoms with van der Waals surface area (Å²) >= 11 is 1.35. The van der Waals surface area contributed by atoms with Crippen molar-refractivity contribution >= 4 is 11.8 Å². The second-order valence-electron chi connectivity index (χ2n) is 3.23. The fourth-order valence-corrected chi connectivity index (χ4v) is 1.84. The van der Waals surface area contributed by atoms with E-state index in [1.807, 2.05) is 6.92 Å². The lowest BCUT2D eigenvalue weighted by molar-refractivity contribution is -0.265. The van der Waals surface area contributed by atoms with Crippen LogP contribution in [0, 0.1) is 0 Å². The molecule has 0 amide bonds. The van der Waals surface area contributed by atoms with Gasteiger partial charge in [0.1, 0.15) is 0 Å². The summed E-state index contributed by atoms with van der Waals surface area (Å²) in [6, 6.07) is 0. The molecule has 0 saturated carbocycles. The van der Waals surface area contributed by atoms with Gasteiger partial charge in [0.05, 0.1) is 0 Å². The first-order valence-electron chi connectivity index (χ1n) is 4.99. The van der Waals surface area contributed by atoms with Crippen molar-refractivity contribution in [1.29, 1.82) is 0 Å². The predicted octanol–water partition coefficient (Wildman–Crippen LogP) is 4.66. The standard InChI is InChI=1S/C10H15F5S/c1-3-6-16-7-5-8(4-2)9(11,12)10(13,14)15/h5H,3-4,6-7H2,1-2H3/b8-5+. The van der Waals surface area contributed by atoms with Crippen LogP contribution in [0.4, 0.5) is 22.0 Å². The molecule has 0 nitrogen and oxygen atoms in total. The molecule has 0 aromatic rings. The van der Waals surface area contributed by atoms with Gasteiger partial charge in [-0.05, 0) is 18.6 Å². The fraction of sp³-hybridized carbons (Fsp3) is 0.800. The van der Waals surface area contributed by atoms with Crippen LogP contribution in [0.25, 0.3) is 0 Å². The maximum absolute atomic E-state index is 12.9. The van der Waals surface area contributed by atoms with Gasteiger partial charge in [0.15, 0.2) is 0 Å². The van der Waals surface area contributed by atoms with Crippen LogP contribution in [-0.4, -0.2) is 23.6 Å². The molecule has 0 aliphatic heterocycles. The molecule has 0 aliphatic rings. The first-order chi connectivity index (χ1) is 7.27. The molecule has 0 radical (unpaired) electrons. The van der Waals surface area contributed by atoms with Crippen molar-refractivity contribution in [2.24, 2.45) is 0 Å². The van der Waals surface area contributed by atoms with Crippen LogP contribution in [0.2, 0.25) is 0 Å². The zero-order chi connectivity index (χ0) is 12.8. The van der Waals surface area contributed by atoms with Crippen molar-refractivity contribution < 1.29 is 22.0 Å². The summed E-state index contributed by atoms with van der Waals surface area (Å²) in [6.07, 6.45) is -3.92. The highest BCUT2D eigenvalue weighted by atomic mass is 32.2. The summed E-state index contributed by atoms with van der Waals surface area (Å²) in [5.74, 6) is -3.75. The van der Waals surface area contributed by atoms with Crippen molar-refractivity contribution in [2.45, 2.75) is 38.8 Å². The molecule has 0 aromatic carbocycles. The van der Waals surface area contributed by atoms with Crippen LogP contribution in [0.15, 0.2) is 11.6 Å². The van der Waals surface area contributed by atoms with Gasteiger partial charge in [-0.25, -0.2) is 0 Å². The molecule has 0 N–H and O–H groups in total. The van der Waals surface area contributed by atoms with Crippen molar-refractivity contribution in [2.75, 3.05) is 11.5 Å². The Morgan fingerprint density at radius 3 is 2.06 bits per heavy atom. The molecule has 0 aliphatic carbocycles. The number of hydrogen-bond acceptors (Lipinski definition) is 1. The van der Waals surface area contributed by atoms with E-state index in [9.17, 15) is 22.0 Å². The lowest BCUT2D eigenvalue weighted by Gasteiger charge is -2.21. The maximum atomic E-state index is 12.9. The van der Waals surface area contributed by atoms with E-state index in [0.717, 1.165) is 18.2 Å². The van der Waals surface area contributed by atoms with E-state index in [-0.39, 0.29) is 12.2 Å². The van der Waals surface area contributed by atoms with Crippen molar-refractivity contribution in [1.82, 2.24) is 0 Å². The van der Waals surface area contributed by atoms with E-state index in [4.69, 9.17) is 0 Å². The zero-order valence-corrected chi connectivity index (χ0v) is 10.0. The summed E-state index contributed by atoms with van der Waals surface area (Å²) in [7, 11) is 0. The monoisotopic (exact) mass is 262 g/mol. The lowest BCUT2D eigenvalue weighted by Crippen LogP contribution is -2.38. The summed E-state index contributed by atoms with van der Waals surface area (Å²) in [6.45, 7) is 3.22. The van der Waals surface area contributed by atoms with E-state index in [1.165, 1.54) is 18.7 Å². The average Bonchev–Trinajstić information content (AvgIpc) is 2.16. The molecule has 0 aromatic heterocycles. The molecule has 0 bridgehead atoms. The van der Waals surface area contributed by atoms with E-state index < -0.39 is 17.7 Å². The third-order valence-electron chi connectivity index (χ3n) is 1.94. The Balaban J connectivity index is 4.59. The Hall–Kier alpha value is -0.260.